The van der Waals surface area contributed by atoms with Gasteiger partial charge in [0.2, 0.25) is 5.95 Å². The van der Waals surface area contributed by atoms with E-state index in [2.05, 4.69) is 10.3 Å². The van der Waals surface area contributed by atoms with E-state index in [-0.39, 0.29) is 0 Å². The minimum absolute atomic E-state index is 0.507. The predicted octanol–water partition coefficient (Wildman–Crippen LogP) is 4.20. The fourth-order valence-corrected chi connectivity index (χ4v) is 2.07. The van der Waals surface area contributed by atoms with Gasteiger partial charge in [-0.25, -0.2) is 13.8 Å². The first-order valence-corrected chi connectivity index (χ1v) is 6.47. The molecule has 0 spiro atoms. The molecule has 2 aromatic carbocycles. The van der Waals surface area contributed by atoms with Gasteiger partial charge in [-0.2, -0.15) is 0 Å². The Labute approximate surface area is 120 Å². The molecule has 0 saturated heterocycles. The third kappa shape index (κ3) is 2.76. The van der Waals surface area contributed by atoms with Crippen molar-refractivity contribution in [2.24, 2.45) is 0 Å². The van der Waals surface area contributed by atoms with Crippen molar-refractivity contribution in [1.29, 1.82) is 0 Å². The summed E-state index contributed by atoms with van der Waals surface area (Å²) in [7, 11) is 0. The van der Waals surface area contributed by atoms with Gasteiger partial charge in [-0.05, 0) is 31.2 Å². The van der Waals surface area contributed by atoms with Crippen molar-refractivity contribution >= 4 is 11.6 Å². The first-order chi connectivity index (χ1) is 10.1. The minimum Gasteiger partial charge on any atom is -0.325 e. The molecule has 3 aromatic rings. The lowest BCUT2D eigenvalue weighted by Gasteiger charge is -2.10. The number of rotatable bonds is 3. The molecular weight excluding hydrogens is 272 g/mol. The molecule has 1 N–H and O–H groups in total. The van der Waals surface area contributed by atoms with Crippen LogP contribution in [-0.2, 0) is 0 Å². The van der Waals surface area contributed by atoms with Crippen LogP contribution >= 0.6 is 0 Å². The van der Waals surface area contributed by atoms with Crippen molar-refractivity contribution in [3.8, 4) is 5.69 Å². The summed E-state index contributed by atoms with van der Waals surface area (Å²) in [6.07, 6.45) is 1.76. The van der Waals surface area contributed by atoms with Gasteiger partial charge < -0.3 is 5.32 Å². The van der Waals surface area contributed by atoms with Crippen LogP contribution in [0, 0.1) is 18.6 Å². The Balaban J connectivity index is 2.01. The number of nitrogens with one attached hydrogen (secondary N) is 1. The van der Waals surface area contributed by atoms with Gasteiger partial charge in [0.1, 0.15) is 0 Å². The lowest BCUT2D eigenvalue weighted by molar-refractivity contribution is 0.508. The van der Waals surface area contributed by atoms with Crippen LogP contribution in [0.15, 0.2) is 54.7 Å². The van der Waals surface area contributed by atoms with Gasteiger partial charge in [0.15, 0.2) is 11.6 Å². The first-order valence-electron chi connectivity index (χ1n) is 6.47. The molecule has 0 saturated carbocycles. The van der Waals surface area contributed by atoms with E-state index in [1.807, 2.05) is 37.3 Å². The number of nitrogens with zero attached hydrogens (tertiary/aromatic N) is 2. The highest BCUT2D eigenvalue weighted by Crippen LogP contribution is 2.21. The predicted molar refractivity (Wildman–Crippen MR) is 77.9 cm³/mol. The maximum absolute atomic E-state index is 13.4. The van der Waals surface area contributed by atoms with Crippen molar-refractivity contribution in [2.45, 2.75) is 6.92 Å². The number of halogens is 2. The van der Waals surface area contributed by atoms with Crippen molar-refractivity contribution < 1.29 is 8.78 Å². The number of anilines is 2. The second-order valence-electron chi connectivity index (χ2n) is 4.67. The quantitative estimate of drug-likeness (QED) is 0.781. The molecule has 1 aromatic heterocycles. The number of hydrogen-bond acceptors (Lipinski definition) is 2. The molecule has 0 atom stereocenters. The van der Waals surface area contributed by atoms with Crippen LogP contribution in [0.5, 0.6) is 0 Å². The standard InChI is InChI=1S/C16H13F2N3/c1-11-10-21(13-7-8-14(17)15(18)9-13)16(19-11)20-12-5-3-2-4-6-12/h2-10H,1H3,(H,19,20). The molecule has 3 rings (SSSR count). The summed E-state index contributed by atoms with van der Waals surface area (Å²) in [6.45, 7) is 1.84. The second-order valence-corrected chi connectivity index (χ2v) is 4.67. The number of aryl methyl sites for hydroxylation is 1. The van der Waals surface area contributed by atoms with Gasteiger partial charge in [0.05, 0.1) is 11.4 Å². The number of imidazole rings is 1. The van der Waals surface area contributed by atoms with Gasteiger partial charge >= 0.3 is 0 Å². The van der Waals surface area contributed by atoms with Crippen LogP contribution < -0.4 is 5.32 Å². The van der Waals surface area contributed by atoms with E-state index in [0.29, 0.717) is 11.6 Å². The fourth-order valence-electron chi connectivity index (χ4n) is 2.07. The number of benzene rings is 2. The summed E-state index contributed by atoms with van der Waals surface area (Å²) in [4.78, 5) is 4.37. The van der Waals surface area contributed by atoms with E-state index in [9.17, 15) is 8.78 Å². The normalized spacial score (nSPS) is 10.6. The molecule has 21 heavy (non-hydrogen) atoms. The topological polar surface area (TPSA) is 29.9 Å². The molecule has 3 nitrogen and oxygen atoms in total. The zero-order chi connectivity index (χ0) is 14.8. The van der Waals surface area contributed by atoms with Gasteiger partial charge in [0, 0.05) is 18.0 Å². The highest BCUT2D eigenvalue weighted by Gasteiger charge is 2.10. The molecule has 106 valence electrons. The van der Waals surface area contributed by atoms with Crippen molar-refractivity contribution in [3.05, 3.63) is 72.1 Å². The largest absolute Gasteiger partial charge is 0.325 e. The van der Waals surface area contributed by atoms with Crippen LogP contribution in [0.2, 0.25) is 0 Å². The Kier molecular flexibility index (Phi) is 3.39. The highest BCUT2D eigenvalue weighted by atomic mass is 19.2. The molecule has 0 aliphatic heterocycles. The Hall–Kier alpha value is -2.69. The zero-order valence-electron chi connectivity index (χ0n) is 11.3. The minimum atomic E-state index is -0.885. The number of aromatic nitrogens is 2. The van der Waals surface area contributed by atoms with Crippen LogP contribution in [0.3, 0.4) is 0 Å². The van der Waals surface area contributed by atoms with Crippen LogP contribution in [0.1, 0.15) is 5.69 Å². The molecule has 1 heterocycles. The van der Waals surface area contributed by atoms with Gasteiger partial charge in [-0.1, -0.05) is 18.2 Å². The summed E-state index contributed by atoms with van der Waals surface area (Å²) in [5.74, 6) is -1.21. The van der Waals surface area contributed by atoms with Crippen LogP contribution in [-0.4, -0.2) is 9.55 Å². The molecule has 0 bridgehead atoms. The Morgan fingerprint density at radius 3 is 2.48 bits per heavy atom. The third-order valence-electron chi connectivity index (χ3n) is 3.04. The third-order valence-corrected chi connectivity index (χ3v) is 3.04. The summed E-state index contributed by atoms with van der Waals surface area (Å²) in [6, 6.07) is 13.3. The van der Waals surface area contributed by atoms with Crippen LogP contribution in [0.4, 0.5) is 20.4 Å². The average Bonchev–Trinajstić information content (AvgIpc) is 2.84. The molecule has 0 unspecified atom stereocenters. The SMILES string of the molecule is Cc1cn(-c2ccc(F)c(F)c2)c(Nc2ccccc2)n1. The molecule has 0 aliphatic rings. The molecule has 5 heteroatoms. The summed E-state index contributed by atoms with van der Waals surface area (Å²) in [5, 5.41) is 3.16. The van der Waals surface area contributed by atoms with Crippen molar-refractivity contribution in [2.75, 3.05) is 5.32 Å². The summed E-state index contributed by atoms with van der Waals surface area (Å²) < 4.78 is 28.1. The molecule has 0 amide bonds. The van der Waals surface area contributed by atoms with E-state index in [1.165, 1.54) is 6.07 Å². The van der Waals surface area contributed by atoms with Gasteiger partial charge in [-0.3, -0.25) is 4.57 Å². The van der Waals surface area contributed by atoms with Crippen LogP contribution in [0.25, 0.3) is 5.69 Å². The maximum Gasteiger partial charge on any atom is 0.212 e. The molecular formula is C16H13F2N3. The number of para-hydroxylation sites is 1. The molecule has 0 aliphatic carbocycles. The second kappa shape index (κ2) is 5.36. The Bertz CT molecular complexity index is 766. The number of hydrogen-bond donors (Lipinski definition) is 1. The molecule has 0 radical (unpaired) electrons. The lowest BCUT2D eigenvalue weighted by atomic mass is 10.3. The summed E-state index contributed by atoms with van der Waals surface area (Å²) in [5.41, 5.74) is 2.15. The highest BCUT2D eigenvalue weighted by molar-refractivity contribution is 5.56. The Morgan fingerprint density at radius 1 is 1.00 bits per heavy atom. The molecule has 0 fully saturated rings. The van der Waals surface area contributed by atoms with E-state index < -0.39 is 11.6 Å². The van der Waals surface area contributed by atoms with Gasteiger partial charge in [0.25, 0.3) is 0 Å². The first kappa shape index (κ1) is 13.3. The maximum atomic E-state index is 13.4. The Morgan fingerprint density at radius 2 is 1.76 bits per heavy atom. The van der Waals surface area contributed by atoms with Gasteiger partial charge in [-0.15, -0.1) is 0 Å². The van der Waals surface area contributed by atoms with E-state index >= 15 is 0 Å². The van der Waals surface area contributed by atoms with E-state index in [1.54, 1.807) is 10.8 Å². The lowest BCUT2D eigenvalue weighted by Crippen LogP contribution is -2.01. The average molecular weight is 285 g/mol. The van der Waals surface area contributed by atoms with Crippen molar-refractivity contribution in [3.63, 3.8) is 0 Å². The fraction of sp³-hybridized carbons (Fsp3) is 0.0625. The smallest absolute Gasteiger partial charge is 0.212 e. The zero-order valence-corrected chi connectivity index (χ0v) is 11.3. The summed E-state index contributed by atoms with van der Waals surface area (Å²) >= 11 is 0. The monoisotopic (exact) mass is 285 g/mol. The van der Waals surface area contributed by atoms with E-state index in [4.69, 9.17) is 0 Å². The van der Waals surface area contributed by atoms with E-state index in [0.717, 1.165) is 23.5 Å². The van der Waals surface area contributed by atoms with Crippen molar-refractivity contribution in [1.82, 2.24) is 9.55 Å².